The van der Waals surface area contributed by atoms with E-state index in [0.717, 1.165) is 29.5 Å². The van der Waals surface area contributed by atoms with E-state index in [4.69, 9.17) is 5.26 Å². The van der Waals surface area contributed by atoms with Gasteiger partial charge < -0.3 is 15.5 Å². The van der Waals surface area contributed by atoms with Gasteiger partial charge in [0.1, 0.15) is 12.2 Å². The van der Waals surface area contributed by atoms with Crippen molar-refractivity contribution in [1.29, 1.82) is 5.26 Å². The summed E-state index contributed by atoms with van der Waals surface area (Å²) in [6, 6.07) is 13.2. The van der Waals surface area contributed by atoms with E-state index in [1.54, 1.807) is 54.4 Å². The number of carbonyl (C=O) groups is 2. The number of amides is 2. The second-order valence-corrected chi connectivity index (χ2v) is 8.09. The van der Waals surface area contributed by atoms with Crippen molar-refractivity contribution in [3.05, 3.63) is 83.8 Å². The fraction of sp³-hybridized carbons (Fsp3) is 0.200. The molecular weight excluding hydrogens is 416 g/mol. The molecule has 0 radical (unpaired) electrons. The van der Waals surface area contributed by atoms with Gasteiger partial charge in [-0.25, -0.2) is 4.52 Å². The van der Waals surface area contributed by atoms with E-state index >= 15 is 0 Å². The van der Waals surface area contributed by atoms with Gasteiger partial charge in [-0.15, -0.1) is 0 Å². The monoisotopic (exact) mass is 438 g/mol. The van der Waals surface area contributed by atoms with E-state index in [1.165, 1.54) is 0 Å². The van der Waals surface area contributed by atoms with E-state index in [2.05, 4.69) is 21.8 Å². The minimum atomic E-state index is -0.292. The summed E-state index contributed by atoms with van der Waals surface area (Å²) in [6.07, 6.45) is 10.4. The average Bonchev–Trinajstić information content (AvgIpc) is 3.61. The third-order valence-electron chi connectivity index (χ3n) is 5.92. The lowest BCUT2D eigenvalue weighted by molar-refractivity contribution is 0.0680. The average molecular weight is 438 g/mol. The Morgan fingerprint density at radius 2 is 2.00 bits per heavy atom. The van der Waals surface area contributed by atoms with E-state index < -0.39 is 0 Å². The highest BCUT2D eigenvalue weighted by Gasteiger charge is 2.37. The van der Waals surface area contributed by atoms with Crippen LogP contribution in [0.25, 0.3) is 16.6 Å². The largest absolute Gasteiger partial charge is 0.367 e. The van der Waals surface area contributed by atoms with E-state index in [1.807, 2.05) is 29.2 Å². The van der Waals surface area contributed by atoms with Gasteiger partial charge in [-0.05, 0) is 54.8 Å². The lowest BCUT2D eigenvalue weighted by Crippen LogP contribution is -2.48. The summed E-state index contributed by atoms with van der Waals surface area (Å²) in [5, 5.41) is 19.3. The quantitative estimate of drug-likeness (QED) is 0.638. The zero-order chi connectivity index (χ0) is 22.9. The normalized spacial score (nSPS) is 17.1. The number of aromatic nitrogens is 2. The zero-order valence-electron chi connectivity index (χ0n) is 18.0. The predicted octanol–water partition coefficient (Wildman–Crippen LogP) is 2.86. The van der Waals surface area contributed by atoms with Crippen LogP contribution in [0.2, 0.25) is 0 Å². The van der Waals surface area contributed by atoms with E-state index in [-0.39, 0.29) is 24.0 Å². The number of dihydropyridines is 1. The van der Waals surface area contributed by atoms with Crippen molar-refractivity contribution in [3.63, 3.8) is 0 Å². The summed E-state index contributed by atoms with van der Waals surface area (Å²) >= 11 is 0. The van der Waals surface area contributed by atoms with Crippen LogP contribution in [0, 0.1) is 11.3 Å². The molecule has 1 aromatic carbocycles. The second-order valence-electron chi connectivity index (χ2n) is 8.09. The molecule has 164 valence electrons. The zero-order valence-corrected chi connectivity index (χ0v) is 18.0. The van der Waals surface area contributed by atoms with Crippen LogP contribution >= 0.6 is 0 Å². The molecule has 3 heterocycles. The minimum Gasteiger partial charge on any atom is -0.367 e. The van der Waals surface area contributed by atoms with Crippen LogP contribution in [0.3, 0.4) is 0 Å². The predicted molar refractivity (Wildman–Crippen MR) is 123 cm³/mol. The van der Waals surface area contributed by atoms with Crippen LogP contribution < -0.4 is 10.6 Å². The maximum atomic E-state index is 13.5. The van der Waals surface area contributed by atoms with Gasteiger partial charge in [-0.3, -0.25) is 9.59 Å². The number of nitrogens with zero attached hydrogens (tertiary/aromatic N) is 4. The smallest absolute Gasteiger partial charge is 0.256 e. The Balaban J connectivity index is 1.46. The third kappa shape index (κ3) is 3.85. The molecule has 0 saturated heterocycles. The molecule has 5 rings (SSSR count). The van der Waals surface area contributed by atoms with Gasteiger partial charge >= 0.3 is 0 Å². The Hall–Kier alpha value is -4.38. The van der Waals surface area contributed by atoms with Crippen LogP contribution in [0.1, 0.15) is 33.6 Å². The fourth-order valence-corrected chi connectivity index (χ4v) is 4.02. The van der Waals surface area contributed by atoms with Gasteiger partial charge in [0.2, 0.25) is 0 Å². The number of carbonyl (C=O) groups excluding carboxylic acids is 2. The number of allylic oxidation sites excluding steroid dienone is 2. The van der Waals surface area contributed by atoms with Crippen LogP contribution in [-0.2, 0) is 0 Å². The number of rotatable bonds is 5. The first-order valence-corrected chi connectivity index (χ1v) is 10.8. The molecule has 0 bridgehead atoms. The molecule has 8 heteroatoms. The van der Waals surface area contributed by atoms with Crippen molar-refractivity contribution in [2.75, 3.05) is 7.05 Å². The van der Waals surface area contributed by atoms with Crippen molar-refractivity contribution in [3.8, 4) is 17.2 Å². The van der Waals surface area contributed by atoms with Gasteiger partial charge in [0.05, 0.1) is 17.3 Å². The van der Waals surface area contributed by atoms with E-state index in [0.29, 0.717) is 16.7 Å². The molecule has 0 spiro atoms. The molecule has 1 fully saturated rings. The fourth-order valence-electron chi connectivity index (χ4n) is 4.02. The molecule has 2 aromatic heterocycles. The Bertz CT molecular complexity index is 1340. The van der Waals surface area contributed by atoms with Crippen molar-refractivity contribution in [2.45, 2.75) is 25.0 Å². The Morgan fingerprint density at radius 1 is 1.21 bits per heavy atom. The lowest BCUT2D eigenvalue weighted by atomic mass is 10.0. The number of hydrogen-bond acceptors (Lipinski definition) is 5. The molecule has 33 heavy (non-hydrogen) atoms. The Morgan fingerprint density at radius 3 is 2.64 bits per heavy atom. The van der Waals surface area contributed by atoms with Gasteiger partial charge in [-0.2, -0.15) is 10.4 Å². The molecule has 1 aliphatic carbocycles. The molecule has 2 aliphatic rings. The van der Waals surface area contributed by atoms with E-state index in [9.17, 15) is 9.59 Å². The van der Waals surface area contributed by atoms with Gasteiger partial charge in [0, 0.05) is 42.2 Å². The lowest BCUT2D eigenvalue weighted by Gasteiger charge is -2.31. The summed E-state index contributed by atoms with van der Waals surface area (Å²) in [6.45, 7) is 0. The van der Waals surface area contributed by atoms with Crippen molar-refractivity contribution in [1.82, 2.24) is 25.1 Å². The molecule has 2 amide bonds. The van der Waals surface area contributed by atoms with Gasteiger partial charge in [0.15, 0.2) is 0 Å². The summed E-state index contributed by atoms with van der Waals surface area (Å²) in [4.78, 5) is 27.2. The molecule has 8 nitrogen and oxygen atoms in total. The number of hydrogen-bond donors (Lipinski definition) is 2. The molecule has 1 aliphatic heterocycles. The highest BCUT2D eigenvalue weighted by atomic mass is 16.2. The first-order chi connectivity index (χ1) is 16.1. The number of nitrogens with one attached hydrogen (secondary N) is 2. The molecule has 2 N–H and O–H groups in total. The minimum absolute atomic E-state index is 0.0712. The number of fused-ring (bicyclic) bond motifs is 1. The molecule has 1 unspecified atom stereocenters. The van der Waals surface area contributed by atoms with Crippen molar-refractivity contribution >= 4 is 17.3 Å². The van der Waals surface area contributed by atoms with Crippen LogP contribution in [-0.4, -0.2) is 45.6 Å². The Kier molecular flexibility index (Phi) is 5.15. The Labute approximate surface area is 190 Å². The standard InChI is InChI=1S/C25H22N6O2/c1-27-24(32)18-5-3-17(4-6-18)21-15-29-30-11-10-19(12-22(21)30)25(33)31(20-7-8-20)23-9-2-16(13-26)14-28-23/h2-6,9-12,14-15,20,23,28H,7-8H2,1H3,(H,27,32). The van der Waals surface area contributed by atoms with Gasteiger partial charge in [0.25, 0.3) is 11.8 Å². The topological polar surface area (TPSA) is 103 Å². The molecule has 1 atom stereocenters. The summed E-state index contributed by atoms with van der Waals surface area (Å²) in [7, 11) is 1.60. The number of nitriles is 1. The maximum absolute atomic E-state index is 13.5. The maximum Gasteiger partial charge on any atom is 0.256 e. The van der Waals surface area contributed by atoms with Crippen molar-refractivity contribution in [2.24, 2.45) is 0 Å². The number of benzene rings is 1. The highest BCUT2D eigenvalue weighted by molar-refractivity contribution is 5.98. The van der Waals surface area contributed by atoms with Crippen molar-refractivity contribution < 1.29 is 9.59 Å². The molecule has 3 aromatic rings. The molecule has 1 saturated carbocycles. The van der Waals surface area contributed by atoms with Gasteiger partial charge in [-0.1, -0.05) is 12.1 Å². The van der Waals surface area contributed by atoms with Crippen LogP contribution in [0.4, 0.5) is 0 Å². The van der Waals surface area contributed by atoms with Crippen LogP contribution in [0.5, 0.6) is 0 Å². The second kappa shape index (κ2) is 8.28. The first kappa shape index (κ1) is 20.5. The number of pyridine rings is 1. The molecular formula is C25H22N6O2. The third-order valence-corrected chi connectivity index (χ3v) is 5.92. The summed E-state index contributed by atoms with van der Waals surface area (Å²) < 4.78 is 1.74. The SMILES string of the molecule is CNC(=O)c1ccc(-c2cnn3ccc(C(=O)N(C4CC4)C4C=CC(C#N)=CN4)cc23)cc1. The highest BCUT2D eigenvalue weighted by Crippen LogP contribution is 2.32. The van der Waals surface area contributed by atoms with Crippen LogP contribution in [0.15, 0.2) is 72.7 Å². The first-order valence-electron chi connectivity index (χ1n) is 10.8. The summed E-state index contributed by atoms with van der Waals surface area (Å²) in [5.74, 6) is -0.213. The summed E-state index contributed by atoms with van der Waals surface area (Å²) in [5.41, 5.74) is 4.28.